The summed E-state index contributed by atoms with van der Waals surface area (Å²) in [7, 11) is 0. The van der Waals surface area contributed by atoms with Gasteiger partial charge < -0.3 is 15.6 Å². The third-order valence-corrected chi connectivity index (χ3v) is 2.55. The second kappa shape index (κ2) is 6.00. The van der Waals surface area contributed by atoms with Gasteiger partial charge in [-0.15, -0.1) is 0 Å². The number of nitrogens with two attached hydrogens (primary N) is 1. The average Bonchev–Trinajstić information content (AvgIpc) is 2.26. The van der Waals surface area contributed by atoms with E-state index >= 15 is 0 Å². The highest BCUT2D eigenvalue weighted by Gasteiger charge is 2.38. The van der Waals surface area contributed by atoms with Crippen LogP contribution < -0.4 is 5.73 Å². The van der Waals surface area contributed by atoms with Crippen molar-refractivity contribution in [1.82, 2.24) is 0 Å². The number of hydrogen-bond acceptors (Lipinski definition) is 4. The lowest BCUT2D eigenvalue weighted by Gasteiger charge is -2.25. The van der Waals surface area contributed by atoms with Gasteiger partial charge in [-0.05, 0) is 26.8 Å². The maximum Gasteiger partial charge on any atom is 0.322 e. The summed E-state index contributed by atoms with van der Waals surface area (Å²) in [5.41, 5.74) is 4.86. The molecule has 0 amide bonds. The molecule has 20 heavy (non-hydrogen) atoms. The molecule has 1 aromatic carbocycles. The van der Waals surface area contributed by atoms with Crippen molar-refractivity contribution >= 4 is 11.9 Å². The fraction of sp³-hybridized carbons (Fsp3) is 0.429. The number of benzene rings is 1. The van der Waals surface area contributed by atoms with Gasteiger partial charge in [-0.3, -0.25) is 9.59 Å². The lowest BCUT2D eigenvalue weighted by atomic mass is 9.93. The van der Waals surface area contributed by atoms with Gasteiger partial charge in [0.25, 0.3) is 0 Å². The van der Waals surface area contributed by atoms with Crippen molar-refractivity contribution in [1.29, 1.82) is 0 Å². The van der Waals surface area contributed by atoms with Crippen LogP contribution in [-0.2, 0) is 14.3 Å². The smallest absolute Gasteiger partial charge is 0.322 e. The first-order valence-electron chi connectivity index (χ1n) is 6.09. The van der Waals surface area contributed by atoms with Gasteiger partial charge in [0, 0.05) is 5.56 Å². The van der Waals surface area contributed by atoms with Crippen LogP contribution in [-0.4, -0.2) is 22.6 Å². The zero-order chi connectivity index (χ0) is 15.5. The van der Waals surface area contributed by atoms with Crippen LogP contribution in [0.3, 0.4) is 0 Å². The Morgan fingerprint density at radius 3 is 2.30 bits per heavy atom. The van der Waals surface area contributed by atoms with Crippen LogP contribution in [0.25, 0.3) is 0 Å². The average molecular weight is 283 g/mol. The topological polar surface area (TPSA) is 89.6 Å². The third-order valence-electron chi connectivity index (χ3n) is 2.55. The van der Waals surface area contributed by atoms with E-state index in [1.165, 1.54) is 18.2 Å². The molecule has 0 aliphatic rings. The fourth-order valence-corrected chi connectivity index (χ4v) is 1.69. The third kappa shape index (κ3) is 4.03. The summed E-state index contributed by atoms with van der Waals surface area (Å²) in [4.78, 5) is 23.2. The monoisotopic (exact) mass is 283 g/mol. The molecule has 0 bridgehead atoms. The molecule has 0 spiro atoms. The summed E-state index contributed by atoms with van der Waals surface area (Å²) in [6, 6.07) is 4.16. The summed E-state index contributed by atoms with van der Waals surface area (Å²) in [6.45, 7) is 4.83. The molecule has 2 atom stereocenters. The Morgan fingerprint density at radius 1 is 1.30 bits per heavy atom. The highest BCUT2D eigenvalue weighted by Crippen LogP contribution is 2.25. The number of rotatable bonds is 4. The Labute approximate surface area is 116 Å². The maximum absolute atomic E-state index is 13.6. The summed E-state index contributed by atoms with van der Waals surface area (Å²) < 4.78 is 18.7. The minimum Gasteiger partial charge on any atom is -0.481 e. The van der Waals surface area contributed by atoms with Crippen LogP contribution in [0.1, 0.15) is 32.4 Å². The number of halogens is 1. The molecular weight excluding hydrogens is 265 g/mol. The van der Waals surface area contributed by atoms with E-state index < -0.39 is 35.3 Å². The molecule has 3 N–H and O–H groups in total. The zero-order valence-electron chi connectivity index (χ0n) is 11.6. The van der Waals surface area contributed by atoms with E-state index in [2.05, 4.69) is 0 Å². The highest BCUT2D eigenvalue weighted by molar-refractivity contribution is 5.95. The van der Waals surface area contributed by atoms with Crippen LogP contribution in [0, 0.1) is 11.7 Å². The summed E-state index contributed by atoms with van der Waals surface area (Å²) in [6.07, 6.45) is 0. The number of carboxylic acid groups (broad SMARTS) is 1. The van der Waals surface area contributed by atoms with Crippen LogP contribution in [0.2, 0.25) is 0 Å². The second-order valence-corrected chi connectivity index (χ2v) is 5.40. The van der Waals surface area contributed by atoms with Gasteiger partial charge in [-0.1, -0.05) is 18.2 Å². The molecule has 0 saturated carbocycles. The first-order valence-corrected chi connectivity index (χ1v) is 6.09. The van der Waals surface area contributed by atoms with Crippen molar-refractivity contribution < 1.29 is 23.8 Å². The van der Waals surface area contributed by atoms with Crippen molar-refractivity contribution in [3.8, 4) is 0 Å². The van der Waals surface area contributed by atoms with Gasteiger partial charge >= 0.3 is 11.9 Å². The Balaban J connectivity index is 3.06. The van der Waals surface area contributed by atoms with Crippen molar-refractivity contribution in [3.05, 3.63) is 35.6 Å². The van der Waals surface area contributed by atoms with E-state index in [1.54, 1.807) is 20.8 Å². The van der Waals surface area contributed by atoms with E-state index in [4.69, 9.17) is 15.6 Å². The standard InChI is InChI=1S/C14H18FNO4/c1-14(2,3)20-13(19)10(12(17)18)11(16)8-6-4-5-7-9(8)15/h4-7,10-11H,16H2,1-3H3,(H,17,18)/t10-,11?/m1/s1. The summed E-state index contributed by atoms with van der Waals surface area (Å²) in [5, 5.41) is 9.16. The molecule has 0 fully saturated rings. The number of aliphatic carboxylic acids is 1. The molecule has 6 heteroatoms. The lowest BCUT2D eigenvalue weighted by Crippen LogP contribution is -2.39. The summed E-state index contributed by atoms with van der Waals surface area (Å²) >= 11 is 0. The summed E-state index contributed by atoms with van der Waals surface area (Å²) in [5.74, 6) is -4.75. The molecule has 0 aromatic heterocycles. The molecule has 1 unspecified atom stereocenters. The predicted molar refractivity (Wildman–Crippen MR) is 70.3 cm³/mol. The van der Waals surface area contributed by atoms with Crippen LogP contribution in [0.15, 0.2) is 24.3 Å². The first kappa shape index (κ1) is 16.1. The number of esters is 1. The predicted octanol–water partition coefficient (Wildman–Crippen LogP) is 1.87. The number of carbonyl (C=O) groups excluding carboxylic acids is 1. The van der Waals surface area contributed by atoms with Gasteiger partial charge in [-0.2, -0.15) is 0 Å². The second-order valence-electron chi connectivity index (χ2n) is 5.40. The Morgan fingerprint density at radius 2 is 1.85 bits per heavy atom. The van der Waals surface area contributed by atoms with Crippen LogP contribution in [0.4, 0.5) is 4.39 Å². The van der Waals surface area contributed by atoms with Crippen LogP contribution in [0.5, 0.6) is 0 Å². The van der Waals surface area contributed by atoms with Gasteiger partial charge in [0.05, 0.1) is 6.04 Å². The van der Waals surface area contributed by atoms with Crippen molar-refractivity contribution in [2.75, 3.05) is 0 Å². The minimum atomic E-state index is -1.66. The van der Waals surface area contributed by atoms with Gasteiger partial charge in [0.1, 0.15) is 11.4 Å². The normalized spacial score (nSPS) is 14.4. The van der Waals surface area contributed by atoms with E-state index in [9.17, 15) is 14.0 Å². The van der Waals surface area contributed by atoms with E-state index in [0.29, 0.717) is 0 Å². The highest BCUT2D eigenvalue weighted by atomic mass is 19.1. The number of hydrogen-bond donors (Lipinski definition) is 2. The van der Waals surface area contributed by atoms with Crippen molar-refractivity contribution in [2.45, 2.75) is 32.4 Å². The quantitative estimate of drug-likeness (QED) is 0.650. The molecule has 0 radical (unpaired) electrons. The maximum atomic E-state index is 13.6. The van der Waals surface area contributed by atoms with Gasteiger partial charge in [0.2, 0.25) is 0 Å². The molecule has 0 heterocycles. The Hall–Kier alpha value is -1.95. The lowest BCUT2D eigenvalue weighted by molar-refractivity contribution is -0.167. The molecule has 0 saturated heterocycles. The molecular formula is C14H18FNO4. The van der Waals surface area contributed by atoms with Gasteiger partial charge in [-0.25, -0.2) is 4.39 Å². The fourth-order valence-electron chi connectivity index (χ4n) is 1.69. The van der Waals surface area contributed by atoms with Crippen LogP contribution >= 0.6 is 0 Å². The van der Waals surface area contributed by atoms with Crippen molar-refractivity contribution in [2.24, 2.45) is 11.7 Å². The van der Waals surface area contributed by atoms with Gasteiger partial charge in [0.15, 0.2) is 5.92 Å². The van der Waals surface area contributed by atoms with E-state index in [0.717, 1.165) is 6.07 Å². The number of carbonyl (C=O) groups is 2. The Bertz CT molecular complexity index is 510. The Kier molecular flexibility index (Phi) is 4.83. The SMILES string of the molecule is CC(C)(C)OC(=O)[C@@H](C(=O)O)C(N)c1ccccc1F. The number of ether oxygens (including phenoxy) is 1. The largest absolute Gasteiger partial charge is 0.481 e. The molecule has 1 aromatic rings. The molecule has 0 aliphatic heterocycles. The molecule has 5 nitrogen and oxygen atoms in total. The molecule has 0 aliphatic carbocycles. The molecule has 1 rings (SSSR count). The molecule has 110 valence electrons. The first-order chi connectivity index (χ1) is 9.13. The zero-order valence-corrected chi connectivity index (χ0v) is 11.6. The van der Waals surface area contributed by atoms with Crippen molar-refractivity contribution in [3.63, 3.8) is 0 Å². The minimum absolute atomic E-state index is 0.0363. The van der Waals surface area contributed by atoms with E-state index in [1.807, 2.05) is 0 Å². The number of carboxylic acids is 1. The van der Waals surface area contributed by atoms with E-state index in [-0.39, 0.29) is 5.56 Å².